The Labute approximate surface area is 60.4 Å². The maximum atomic E-state index is 5.29. The highest BCUT2D eigenvalue weighted by Gasteiger charge is 2.16. The molecule has 0 spiro atoms. The molecule has 2 heteroatoms. The van der Waals surface area contributed by atoms with Crippen molar-refractivity contribution in [3.8, 4) is 0 Å². The van der Waals surface area contributed by atoms with Crippen molar-refractivity contribution in [3.05, 3.63) is 17.9 Å². The standard InChI is InChI=1S/C8H11NO/c1-7-5-8(10-6-7)9-3-2-4-9/h5-6H,2-4H2,1H3. The summed E-state index contributed by atoms with van der Waals surface area (Å²) in [5.74, 6) is 1.03. The quantitative estimate of drug-likeness (QED) is 0.586. The van der Waals surface area contributed by atoms with Crippen molar-refractivity contribution in [2.45, 2.75) is 13.3 Å². The van der Waals surface area contributed by atoms with Gasteiger partial charge in [-0.05, 0) is 18.9 Å². The van der Waals surface area contributed by atoms with E-state index in [1.807, 2.05) is 6.92 Å². The Kier molecular flexibility index (Phi) is 1.19. The van der Waals surface area contributed by atoms with E-state index in [1.54, 1.807) is 6.26 Å². The van der Waals surface area contributed by atoms with Crippen molar-refractivity contribution in [3.63, 3.8) is 0 Å². The summed E-state index contributed by atoms with van der Waals surface area (Å²) >= 11 is 0. The average molecular weight is 137 g/mol. The third kappa shape index (κ3) is 0.801. The van der Waals surface area contributed by atoms with Crippen molar-refractivity contribution in [2.24, 2.45) is 0 Å². The zero-order valence-electron chi connectivity index (χ0n) is 6.13. The smallest absolute Gasteiger partial charge is 0.195 e. The normalized spacial score (nSPS) is 17.1. The van der Waals surface area contributed by atoms with Gasteiger partial charge in [0.25, 0.3) is 0 Å². The van der Waals surface area contributed by atoms with Crippen LogP contribution >= 0.6 is 0 Å². The number of anilines is 1. The first-order valence-corrected chi connectivity index (χ1v) is 3.66. The van der Waals surface area contributed by atoms with Crippen LogP contribution in [0.4, 0.5) is 5.88 Å². The van der Waals surface area contributed by atoms with Gasteiger partial charge in [0.1, 0.15) is 0 Å². The molecule has 10 heavy (non-hydrogen) atoms. The van der Waals surface area contributed by atoms with Gasteiger partial charge in [0, 0.05) is 19.2 Å². The highest BCUT2D eigenvalue weighted by atomic mass is 16.3. The Bertz CT molecular complexity index is 225. The van der Waals surface area contributed by atoms with Crippen LogP contribution in [0.25, 0.3) is 0 Å². The molecule has 1 saturated heterocycles. The predicted octanol–water partition coefficient (Wildman–Crippen LogP) is 1.80. The molecule has 1 aromatic rings. The van der Waals surface area contributed by atoms with Crippen LogP contribution in [0.15, 0.2) is 16.7 Å². The van der Waals surface area contributed by atoms with Gasteiger partial charge in [0.15, 0.2) is 5.88 Å². The SMILES string of the molecule is Cc1coc(N2CCC2)c1. The first-order valence-electron chi connectivity index (χ1n) is 3.66. The fraction of sp³-hybridized carbons (Fsp3) is 0.500. The summed E-state index contributed by atoms with van der Waals surface area (Å²) in [6, 6.07) is 2.08. The lowest BCUT2D eigenvalue weighted by Gasteiger charge is -2.30. The largest absolute Gasteiger partial charge is 0.449 e. The summed E-state index contributed by atoms with van der Waals surface area (Å²) in [6.45, 7) is 4.37. The molecule has 0 aliphatic carbocycles. The molecule has 0 amide bonds. The van der Waals surface area contributed by atoms with Crippen LogP contribution in [-0.2, 0) is 0 Å². The van der Waals surface area contributed by atoms with E-state index in [9.17, 15) is 0 Å². The van der Waals surface area contributed by atoms with Gasteiger partial charge in [-0.1, -0.05) is 0 Å². The number of hydrogen-bond acceptors (Lipinski definition) is 2. The van der Waals surface area contributed by atoms with Gasteiger partial charge in [0.05, 0.1) is 6.26 Å². The Morgan fingerprint density at radius 2 is 2.30 bits per heavy atom. The summed E-state index contributed by atoms with van der Waals surface area (Å²) in [7, 11) is 0. The summed E-state index contributed by atoms with van der Waals surface area (Å²) in [4.78, 5) is 2.24. The number of hydrogen-bond donors (Lipinski definition) is 0. The molecule has 0 saturated carbocycles. The van der Waals surface area contributed by atoms with Gasteiger partial charge in [-0.2, -0.15) is 0 Å². The van der Waals surface area contributed by atoms with Crippen LogP contribution in [0.2, 0.25) is 0 Å². The Morgan fingerprint density at radius 1 is 1.50 bits per heavy atom. The molecule has 0 unspecified atom stereocenters. The van der Waals surface area contributed by atoms with E-state index in [0.29, 0.717) is 0 Å². The molecule has 0 aromatic carbocycles. The van der Waals surface area contributed by atoms with Crippen molar-refractivity contribution in [1.82, 2.24) is 0 Å². The highest BCUT2D eigenvalue weighted by Crippen LogP contribution is 2.22. The lowest BCUT2D eigenvalue weighted by Crippen LogP contribution is -2.36. The van der Waals surface area contributed by atoms with Crippen LogP contribution in [0.1, 0.15) is 12.0 Å². The van der Waals surface area contributed by atoms with E-state index in [1.165, 1.54) is 12.0 Å². The van der Waals surface area contributed by atoms with Crippen LogP contribution in [0.3, 0.4) is 0 Å². The molecule has 1 aliphatic rings. The lowest BCUT2D eigenvalue weighted by atomic mass is 10.2. The Hall–Kier alpha value is -0.920. The maximum absolute atomic E-state index is 5.29. The van der Waals surface area contributed by atoms with Crippen LogP contribution < -0.4 is 4.90 Å². The summed E-state index contributed by atoms with van der Waals surface area (Å²) in [5.41, 5.74) is 1.21. The van der Waals surface area contributed by atoms with Crippen LogP contribution in [-0.4, -0.2) is 13.1 Å². The molecule has 2 nitrogen and oxygen atoms in total. The second-order valence-electron chi connectivity index (χ2n) is 2.80. The molecular weight excluding hydrogens is 126 g/mol. The molecule has 0 radical (unpaired) electrons. The van der Waals surface area contributed by atoms with Crippen molar-refractivity contribution in [1.29, 1.82) is 0 Å². The molecule has 2 heterocycles. The van der Waals surface area contributed by atoms with Gasteiger partial charge >= 0.3 is 0 Å². The Morgan fingerprint density at radius 3 is 2.70 bits per heavy atom. The summed E-state index contributed by atoms with van der Waals surface area (Å²) in [6.07, 6.45) is 3.10. The molecule has 1 aliphatic heterocycles. The number of furan rings is 1. The highest BCUT2D eigenvalue weighted by molar-refractivity contribution is 5.39. The van der Waals surface area contributed by atoms with Crippen molar-refractivity contribution in [2.75, 3.05) is 18.0 Å². The molecule has 1 aromatic heterocycles. The van der Waals surface area contributed by atoms with Gasteiger partial charge in [-0.3, -0.25) is 0 Å². The van der Waals surface area contributed by atoms with E-state index < -0.39 is 0 Å². The number of nitrogens with zero attached hydrogens (tertiary/aromatic N) is 1. The van der Waals surface area contributed by atoms with E-state index in [4.69, 9.17) is 4.42 Å². The topological polar surface area (TPSA) is 16.4 Å². The third-order valence-corrected chi connectivity index (χ3v) is 1.88. The second-order valence-corrected chi connectivity index (χ2v) is 2.80. The van der Waals surface area contributed by atoms with Gasteiger partial charge in [0.2, 0.25) is 0 Å². The van der Waals surface area contributed by atoms with Gasteiger partial charge < -0.3 is 9.32 Å². The van der Waals surface area contributed by atoms with E-state index in [-0.39, 0.29) is 0 Å². The van der Waals surface area contributed by atoms with Crippen molar-refractivity contribution >= 4 is 5.88 Å². The molecule has 54 valence electrons. The average Bonchev–Trinajstić information content (AvgIpc) is 2.10. The van der Waals surface area contributed by atoms with E-state index in [2.05, 4.69) is 11.0 Å². The van der Waals surface area contributed by atoms with E-state index in [0.717, 1.165) is 19.0 Å². The Balaban J connectivity index is 2.17. The van der Waals surface area contributed by atoms with E-state index >= 15 is 0 Å². The molecule has 0 atom stereocenters. The fourth-order valence-corrected chi connectivity index (χ4v) is 1.12. The molecule has 0 bridgehead atoms. The van der Waals surface area contributed by atoms with Crippen LogP contribution in [0, 0.1) is 6.92 Å². The van der Waals surface area contributed by atoms with Crippen molar-refractivity contribution < 1.29 is 4.42 Å². The zero-order valence-corrected chi connectivity index (χ0v) is 6.13. The molecule has 0 N–H and O–H groups in total. The first-order chi connectivity index (χ1) is 4.86. The monoisotopic (exact) mass is 137 g/mol. The minimum atomic E-state index is 1.03. The minimum absolute atomic E-state index is 1.03. The van der Waals surface area contributed by atoms with Gasteiger partial charge in [-0.15, -0.1) is 0 Å². The third-order valence-electron chi connectivity index (χ3n) is 1.88. The molecular formula is C8H11NO. The fourth-order valence-electron chi connectivity index (χ4n) is 1.12. The maximum Gasteiger partial charge on any atom is 0.195 e. The number of aryl methyl sites for hydroxylation is 1. The molecule has 1 fully saturated rings. The van der Waals surface area contributed by atoms with Gasteiger partial charge in [-0.25, -0.2) is 0 Å². The van der Waals surface area contributed by atoms with Crippen LogP contribution in [0.5, 0.6) is 0 Å². The molecule has 2 rings (SSSR count). The lowest BCUT2D eigenvalue weighted by molar-refractivity contribution is 0.499. The second kappa shape index (κ2) is 2.04. The minimum Gasteiger partial charge on any atom is -0.449 e. The summed E-state index contributed by atoms with van der Waals surface area (Å²) < 4.78 is 5.29. The summed E-state index contributed by atoms with van der Waals surface area (Å²) in [5, 5.41) is 0. The number of rotatable bonds is 1. The zero-order chi connectivity index (χ0) is 6.97. The predicted molar refractivity (Wildman–Crippen MR) is 40.3 cm³/mol. The first kappa shape index (κ1) is 5.83.